The molecule has 0 radical (unpaired) electrons. The largest absolute Gasteiger partial charge is 0.394 e. The van der Waals surface area contributed by atoms with Gasteiger partial charge in [-0.1, -0.05) is 6.92 Å². The minimum Gasteiger partial charge on any atom is -0.315 e. The first kappa shape index (κ1) is 12.8. The first-order valence-electron chi connectivity index (χ1n) is 5.46. The van der Waals surface area contributed by atoms with Crippen molar-refractivity contribution in [3.05, 3.63) is 0 Å². The maximum atomic E-state index is 12.6. The molecule has 1 rings (SSSR count). The Morgan fingerprint density at radius 2 is 2.13 bits per heavy atom. The SMILES string of the molecule is CCC(C)N1CCNCC(C(F)(F)F)C1. The molecule has 2 atom stereocenters. The molecule has 0 aromatic carbocycles. The van der Waals surface area contributed by atoms with Gasteiger partial charge in [0.25, 0.3) is 0 Å². The van der Waals surface area contributed by atoms with E-state index in [4.69, 9.17) is 0 Å². The molecular formula is C10H19F3N2. The Morgan fingerprint density at radius 3 is 2.67 bits per heavy atom. The summed E-state index contributed by atoms with van der Waals surface area (Å²) in [6, 6.07) is 0.231. The van der Waals surface area contributed by atoms with E-state index in [1.54, 1.807) is 0 Å². The maximum Gasteiger partial charge on any atom is 0.394 e. The van der Waals surface area contributed by atoms with Crippen LogP contribution in [0.4, 0.5) is 13.2 Å². The lowest BCUT2D eigenvalue weighted by Gasteiger charge is -2.29. The van der Waals surface area contributed by atoms with Crippen molar-refractivity contribution in [2.75, 3.05) is 26.2 Å². The number of nitrogens with zero attached hydrogens (tertiary/aromatic N) is 1. The zero-order chi connectivity index (χ0) is 11.5. The van der Waals surface area contributed by atoms with E-state index < -0.39 is 12.1 Å². The Labute approximate surface area is 88.8 Å². The second-order valence-corrected chi connectivity index (χ2v) is 4.19. The quantitative estimate of drug-likeness (QED) is 0.770. The average molecular weight is 224 g/mol. The second kappa shape index (κ2) is 5.16. The monoisotopic (exact) mass is 224 g/mol. The summed E-state index contributed by atoms with van der Waals surface area (Å²) in [6.07, 6.45) is -3.19. The molecular weight excluding hydrogens is 205 g/mol. The normalized spacial score (nSPS) is 27.4. The molecule has 2 nitrogen and oxygen atoms in total. The third-order valence-electron chi connectivity index (χ3n) is 3.10. The summed E-state index contributed by atoms with van der Waals surface area (Å²) in [5.41, 5.74) is 0. The average Bonchev–Trinajstić information content (AvgIpc) is 2.40. The fraction of sp³-hybridized carbons (Fsp3) is 1.00. The number of alkyl halides is 3. The Bertz CT molecular complexity index is 194. The van der Waals surface area contributed by atoms with Gasteiger partial charge < -0.3 is 5.32 Å². The van der Waals surface area contributed by atoms with Crippen LogP contribution in [0, 0.1) is 5.92 Å². The van der Waals surface area contributed by atoms with E-state index in [0.717, 1.165) is 6.42 Å². The number of halogens is 3. The fourth-order valence-electron chi connectivity index (χ4n) is 1.82. The van der Waals surface area contributed by atoms with Gasteiger partial charge in [-0.3, -0.25) is 4.90 Å². The minimum absolute atomic E-state index is 0.0520. The van der Waals surface area contributed by atoms with Gasteiger partial charge in [-0.05, 0) is 13.3 Å². The molecule has 0 aromatic heterocycles. The zero-order valence-electron chi connectivity index (χ0n) is 9.27. The van der Waals surface area contributed by atoms with Crippen molar-refractivity contribution in [1.29, 1.82) is 0 Å². The molecule has 1 saturated heterocycles. The lowest BCUT2D eigenvalue weighted by molar-refractivity contribution is -0.176. The molecule has 0 saturated carbocycles. The van der Waals surface area contributed by atoms with Crippen LogP contribution in [0.1, 0.15) is 20.3 Å². The molecule has 0 aliphatic carbocycles. The summed E-state index contributed by atoms with van der Waals surface area (Å²) < 4.78 is 37.8. The van der Waals surface area contributed by atoms with Gasteiger partial charge in [0.05, 0.1) is 5.92 Å². The number of hydrogen-bond acceptors (Lipinski definition) is 2. The van der Waals surface area contributed by atoms with Crippen molar-refractivity contribution in [2.45, 2.75) is 32.5 Å². The van der Waals surface area contributed by atoms with E-state index in [0.29, 0.717) is 13.1 Å². The first-order valence-corrected chi connectivity index (χ1v) is 5.46. The van der Waals surface area contributed by atoms with Crippen molar-refractivity contribution >= 4 is 0 Å². The van der Waals surface area contributed by atoms with Crippen LogP contribution in [0.5, 0.6) is 0 Å². The Morgan fingerprint density at radius 1 is 1.47 bits per heavy atom. The van der Waals surface area contributed by atoms with E-state index in [2.05, 4.69) is 5.32 Å². The van der Waals surface area contributed by atoms with E-state index in [1.165, 1.54) is 0 Å². The topological polar surface area (TPSA) is 15.3 Å². The highest BCUT2D eigenvalue weighted by Crippen LogP contribution is 2.28. The molecule has 1 aliphatic rings. The van der Waals surface area contributed by atoms with Crippen molar-refractivity contribution < 1.29 is 13.2 Å². The summed E-state index contributed by atoms with van der Waals surface area (Å²) in [7, 11) is 0. The lowest BCUT2D eigenvalue weighted by atomic mass is 10.1. The highest BCUT2D eigenvalue weighted by molar-refractivity contribution is 4.80. The van der Waals surface area contributed by atoms with Crippen molar-refractivity contribution in [3.63, 3.8) is 0 Å². The van der Waals surface area contributed by atoms with Crippen LogP contribution in [0.3, 0.4) is 0 Å². The second-order valence-electron chi connectivity index (χ2n) is 4.19. The molecule has 2 unspecified atom stereocenters. The molecule has 0 spiro atoms. The summed E-state index contributed by atoms with van der Waals surface area (Å²) in [5, 5.41) is 2.85. The molecule has 0 amide bonds. The van der Waals surface area contributed by atoms with Crippen LogP contribution < -0.4 is 5.32 Å². The van der Waals surface area contributed by atoms with Crippen molar-refractivity contribution in [1.82, 2.24) is 10.2 Å². The zero-order valence-corrected chi connectivity index (χ0v) is 9.27. The molecule has 0 bridgehead atoms. The van der Waals surface area contributed by atoms with Crippen LogP contribution in [0.15, 0.2) is 0 Å². The highest BCUT2D eigenvalue weighted by Gasteiger charge is 2.41. The van der Waals surface area contributed by atoms with Gasteiger partial charge in [-0.2, -0.15) is 13.2 Å². The van der Waals surface area contributed by atoms with Gasteiger partial charge in [-0.15, -0.1) is 0 Å². The molecule has 1 heterocycles. The third-order valence-corrected chi connectivity index (χ3v) is 3.10. The van der Waals surface area contributed by atoms with Crippen molar-refractivity contribution in [3.8, 4) is 0 Å². The maximum absolute atomic E-state index is 12.6. The standard InChI is InChI=1S/C10H19F3N2/c1-3-8(2)15-5-4-14-6-9(7-15)10(11,12)13/h8-9,14H,3-7H2,1-2H3. The Balaban J connectivity index is 2.61. The van der Waals surface area contributed by atoms with Gasteiger partial charge in [-0.25, -0.2) is 0 Å². The predicted molar refractivity (Wildman–Crippen MR) is 53.7 cm³/mol. The molecule has 1 aliphatic heterocycles. The Kier molecular flexibility index (Phi) is 4.40. The number of rotatable bonds is 2. The lowest BCUT2D eigenvalue weighted by Crippen LogP contribution is -2.41. The van der Waals surface area contributed by atoms with Crippen LogP contribution in [0.25, 0.3) is 0 Å². The molecule has 1 fully saturated rings. The van der Waals surface area contributed by atoms with E-state index in [9.17, 15) is 13.2 Å². The molecule has 0 aromatic rings. The summed E-state index contributed by atoms with van der Waals surface area (Å²) in [5.74, 6) is -1.23. The van der Waals surface area contributed by atoms with Crippen LogP contribution in [-0.4, -0.2) is 43.3 Å². The van der Waals surface area contributed by atoms with Gasteiger partial charge in [0.1, 0.15) is 0 Å². The molecule has 90 valence electrons. The van der Waals surface area contributed by atoms with Gasteiger partial charge in [0.2, 0.25) is 0 Å². The summed E-state index contributed by atoms with van der Waals surface area (Å²) >= 11 is 0. The Hall–Kier alpha value is -0.290. The van der Waals surface area contributed by atoms with E-state index in [-0.39, 0.29) is 19.1 Å². The predicted octanol–water partition coefficient (Wildman–Crippen LogP) is 1.87. The minimum atomic E-state index is -4.08. The van der Waals surface area contributed by atoms with Crippen LogP contribution in [-0.2, 0) is 0 Å². The smallest absolute Gasteiger partial charge is 0.315 e. The molecule has 15 heavy (non-hydrogen) atoms. The number of nitrogens with one attached hydrogen (secondary N) is 1. The van der Waals surface area contributed by atoms with E-state index in [1.807, 2.05) is 18.7 Å². The van der Waals surface area contributed by atoms with Gasteiger partial charge in [0, 0.05) is 32.2 Å². The summed E-state index contributed by atoms with van der Waals surface area (Å²) in [6.45, 7) is 5.53. The molecule has 1 N–H and O–H groups in total. The van der Waals surface area contributed by atoms with E-state index >= 15 is 0 Å². The summed E-state index contributed by atoms with van der Waals surface area (Å²) in [4.78, 5) is 1.93. The third kappa shape index (κ3) is 3.65. The van der Waals surface area contributed by atoms with Gasteiger partial charge >= 0.3 is 6.18 Å². The van der Waals surface area contributed by atoms with Crippen LogP contribution in [0.2, 0.25) is 0 Å². The van der Waals surface area contributed by atoms with Crippen molar-refractivity contribution in [2.24, 2.45) is 5.92 Å². The fourth-order valence-corrected chi connectivity index (χ4v) is 1.82. The van der Waals surface area contributed by atoms with Gasteiger partial charge in [0.15, 0.2) is 0 Å². The number of hydrogen-bond donors (Lipinski definition) is 1. The highest BCUT2D eigenvalue weighted by atomic mass is 19.4. The first-order chi connectivity index (χ1) is 6.95. The molecule has 5 heteroatoms. The van der Waals surface area contributed by atoms with Crippen LogP contribution >= 0.6 is 0 Å².